The van der Waals surface area contributed by atoms with Crippen molar-refractivity contribution >= 4 is 0 Å². The van der Waals surface area contributed by atoms with E-state index in [9.17, 15) is 13.2 Å². The number of methoxy groups -OCH3 is 1. The van der Waals surface area contributed by atoms with Crippen LogP contribution >= 0.6 is 0 Å². The zero-order chi connectivity index (χ0) is 9.90. The molecule has 72 valence electrons. The number of alkyl halides is 3. The maximum atomic E-state index is 12.1. The molecule has 0 fully saturated rings. The Morgan fingerprint density at radius 2 is 2.08 bits per heavy atom. The number of nitrogens with zero attached hydrogens (tertiary/aromatic N) is 1. The first-order valence-electron chi connectivity index (χ1n) is 3.56. The molecule has 0 radical (unpaired) electrons. The van der Waals surface area contributed by atoms with Crippen LogP contribution in [0.25, 0.3) is 0 Å². The van der Waals surface area contributed by atoms with E-state index in [1.807, 2.05) is 0 Å². The zero-order valence-corrected chi connectivity index (χ0v) is 6.93. The number of pyridine rings is 1. The molecule has 0 saturated carbocycles. The second-order valence-electron chi connectivity index (χ2n) is 2.44. The number of aromatic nitrogens is 1. The van der Waals surface area contributed by atoms with Gasteiger partial charge in [-0.15, -0.1) is 0 Å². The molecule has 2 nitrogen and oxygen atoms in total. The Balaban J connectivity index is 2.92. The highest BCUT2D eigenvalue weighted by molar-refractivity contribution is 5.12. The molecule has 0 saturated heterocycles. The smallest absolute Gasteiger partial charge is 0.378 e. The van der Waals surface area contributed by atoms with E-state index < -0.39 is 11.9 Å². The first-order valence-corrected chi connectivity index (χ1v) is 3.56. The maximum absolute atomic E-state index is 12.1. The molecular weight excluding hydrogens is 183 g/mol. The Kier molecular flexibility index (Phi) is 2.87. The third-order valence-electron chi connectivity index (χ3n) is 1.39. The van der Waals surface area contributed by atoms with Gasteiger partial charge in [0, 0.05) is 7.11 Å². The molecular formula is C8H8F3NO. The van der Waals surface area contributed by atoms with Crippen molar-refractivity contribution in [3.8, 4) is 0 Å². The number of rotatable bonds is 2. The van der Waals surface area contributed by atoms with Crippen molar-refractivity contribution in [2.75, 3.05) is 7.11 Å². The van der Waals surface area contributed by atoms with Crippen LogP contribution in [0.2, 0.25) is 0 Å². The second kappa shape index (κ2) is 3.74. The molecule has 0 spiro atoms. The summed E-state index contributed by atoms with van der Waals surface area (Å²) in [6.45, 7) is 0.0872. The average Bonchev–Trinajstić information content (AvgIpc) is 2.04. The van der Waals surface area contributed by atoms with Crippen LogP contribution in [-0.2, 0) is 17.5 Å². The van der Waals surface area contributed by atoms with Gasteiger partial charge in [0.25, 0.3) is 0 Å². The van der Waals surface area contributed by atoms with Gasteiger partial charge in [0.05, 0.1) is 12.3 Å². The fourth-order valence-corrected chi connectivity index (χ4v) is 0.866. The van der Waals surface area contributed by atoms with E-state index in [4.69, 9.17) is 0 Å². The van der Waals surface area contributed by atoms with Gasteiger partial charge in [0.2, 0.25) is 0 Å². The lowest BCUT2D eigenvalue weighted by molar-refractivity contribution is -0.141. The predicted molar refractivity (Wildman–Crippen MR) is 40.0 cm³/mol. The van der Waals surface area contributed by atoms with Crippen LogP contribution in [0.1, 0.15) is 11.4 Å². The summed E-state index contributed by atoms with van der Waals surface area (Å²) in [5.41, 5.74) is -0.612. The van der Waals surface area contributed by atoms with Gasteiger partial charge in [-0.2, -0.15) is 13.2 Å². The molecule has 5 heteroatoms. The first kappa shape index (κ1) is 9.98. The first-order chi connectivity index (χ1) is 6.04. The summed E-state index contributed by atoms with van der Waals surface area (Å²) in [6.07, 6.45) is -4.39. The highest BCUT2D eigenvalue weighted by Crippen LogP contribution is 2.27. The molecule has 1 aromatic heterocycles. The third kappa shape index (κ3) is 2.69. The predicted octanol–water partition coefficient (Wildman–Crippen LogP) is 2.25. The summed E-state index contributed by atoms with van der Waals surface area (Å²) < 4.78 is 41.0. The van der Waals surface area contributed by atoms with Gasteiger partial charge >= 0.3 is 6.18 Å². The molecule has 0 unspecified atom stereocenters. The highest BCUT2D eigenvalue weighted by Gasteiger charge is 2.32. The van der Waals surface area contributed by atoms with E-state index in [0.29, 0.717) is 0 Å². The summed E-state index contributed by atoms with van der Waals surface area (Å²) in [6, 6.07) is 3.72. The quantitative estimate of drug-likeness (QED) is 0.715. The third-order valence-corrected chi connectivity index (χ3v) is 1.39. The number of hydrogen-bond donors (Lipinski definition) is 0. The van der Waals surface area contributed by atoms with Crippen molar-refractivity contribution in [2.24, 2.45) is 0 Å². The minimum absolute atomic E-state index is 0.0872. The zero-order valence-electron chi connectivity index (χ0n) is 6.93. The topological polar surface area (TPSA) is 22.1 Å². The number of halogens is 3. The van der Waals surface area contributed by atoms with Crippen molar-refractivity contribution < 1.29 is 17.9 Å². The van der Waals surface area contributed by atoms with Gasteiger partial charge in [-0.1, -0.05) is 6.07 Å². The monoisotopic (exact) mass is 191 g/mol. The van der Waals surface area contributed by atoms with Crippen LogP contribution in [0.15, 0.2) is 18.2 Å². The van der Waals surface area contributed by atoms with Crippen molar-refractivity contribution in [1.82, 2.24) is 4.98 Å². The molecule has 0 amide bonds. The fraction of sp³-hybridized carbons (Fsp3) is 0.375. The summed E-state index contributed by atoms with van der Waals surface area (Å²) in [7, 11) is 1.40. The maximum Gasteiger partial charge on any atom is 0.433 e. The molecule has 1 heterocycles. The van der Waals surface area contributed by atoms with E-state index in [0.717, 1.165) is 6.07 Å². The van der Waals surface area contributed by atoms with Crippen LogP contribution in [0.4, 0.5) is 13.2 Å². The summed E-state index contributed by atoms with van der Waals surface area (Å²) in [5.74, 6) is 0. The minimum Gasteiger partial charge on any atom is -0.378 e. The Bertz CT molecular complexity index is 285. The molecule has 0 aliphatic carbocycles. The standard InChI is InChI=1S/C8H8F3NO/c1-13-5-6-3-2-4-7(12-6)8(9,10)11/h2-4H,5H2,1H3. The van der Waals surface area contributed by atoms with Crippen LogP contribution in [0.5, 0.6) is 0 Å². The lowest BCUT2D eigenvalue weighted by atomic mass is 10.3. The molecule has 1 rings (SSSR count). The van der Waals surface area contributed by atoms with Crippen LogP contribution in [-0.4, -0.2) is 12.1 Å². The van der Waals surface area contributed by atoms with E-state index >= 15 is 0 Å². The molecule has 0 aromatic carbocycles. The molecule has 0 aliphatic rings. The number of hydrogen-bond acceptors (Lipinski definition) is 2. The molecule has 13 heavy (non-hydrogen) atoms. The van der Waals surface area contributed by atoms with E-state index in [-0.39, 0.29) is 12.3 Å². The fourth-order valence-electron chi connectivity index (χ4n) is 0.866. The van der Waals surface area contributed by atoms with E-state index in [2.05, 4.69) is 9.72 Å². The van der Waals surface area contributed by atoms with Crippen molar-refractivity contribution in [1.29, 1.82) is 0 Å². The van der Waals surface area contributed by atoms with Gasteiger partial charge in [0.15, 0.2) is 0 Å². The second-order valence-corrected chi connectivity index (χ2v) is 2.44. The largest absolute Gasteiger partial charge is 0.433 e. The van der Waals surface area contributed by atoms with Crippen molar-refractivity contribution in [2.45, 2.75) is 12.8 Å². The minimum atomic E-state index is -4.39. The van der Waals surface area contributed by atoms with Crippen LogP contribution in [0, 0.1) is 0 Å². The van der Waals surface area contributed by atoms with Gasteiger partial charge < -0.3 is 4.74 Å². The lowest BCUT2D eigenvalue weighted by Crippen LogP contribution is -2.09. The summed E-state index contributed by atoms with van der Waals surface area (Å²) in [4.78, 5) is 3.38. The van der Waals surface area contributed by atoms with E-state index in [1.165, 1.54) is 19.2 Å². The Hall–Kier alpha value is -1.10. The molecule has 0 aliphatic heterocycles. The molecule has 1 aromatic rings. The molecule has 0 atom stereocenters. The van der Waals surface area contributed by atoms with Gasteiger partial charge in [-0.05, 0) is 12.1 Å². The van der Waals surface area contributed by atoms with Crippen LogP contribution in [0.3, 0.4) is 0 Å². The Labute approximate surface area is 73.4 Å². The summed E-state index contributed by atoms with van der Waals surface area (Å²) in [5, 5.41) is 0. The Morgan fingerprint density at radius 3 is 2.62 bits per heavy atom. The highest BCUT2D eigenvalue weighted by atomic mass is 19.4. The SMILES string of the molecule is COCc1cccc(C(F)(F)F)n1. The number of ether oxygens (including phenoxy) is 1. The van der Waals surface area contributed by atoms with Crippen molar-refractivity contribution in [3.63, 3.8) is 0 Å². The average molecular weight is 191 g/mol. The van der Waals surface area contributed by atoms with Crippen molar-refractivity contribution in [3.05, 3.63) is 29.6 Å². The lowest BCUT2D eigenvalue weighted by Gasteiger charge is -2.06. The summed E-state index contributed by atoms with van der Waals surface area (Å²) >= 11 is 0. The van der Waals surface area contributed by atoms with Gasteiger partial charge in [-0.25, -0.2) is 4.98 Å². The molecule has 0 N–H and O–H groups in total. The molecule has 0 bridgehead atoms. The Morgan fingerprint density at radius 1 is 1.38 bits per heavy atom. The van der Waals surface area contributed by atoms with Gasteiger partial charge in [-0.3, -0.25) is 0 Å². The van der Waals surface area contributed by atoms with Gasteiger partial charge in [0.1, 0.15) is 5.69 Å². The van der Waals surface area contributed by atoms with E-state index in [1.54, 1.807) is 0 Å². The van der Waals surface area contributed by atoms with Crippen LogP contribution < -0.4 is 0 Å². The normalized spacial score (nSPS) is 11.7.